The SMILES string of the molecule is OC(F)C(F)CCCCCCCCF. The molecular weight excluding hydrogens is 193 g/mol. The van der Waals surface area contributed by atoms with Crippen LogP contribution in [0.1, 0.15) is 44.9 Å². The summed E-state index contributed by atoms with van der Waals surface area (Å²) in [5.41, 5.74) is 0. The van der Waals surface area contributed by atoms with Crippen LogP contribution in [0.15, 0.2) is 0 Å². The summed E-state index contributed by atoms with van der Waals surface area (Å²) in [4.78, 5) is 0. The first-order chi connectivity index (χ1) is 6.68. The summed E-state index contributed by atoms with van der Waals surface area (Å²) in [6.45, 7) is -0.277. The van der Waals surface area contributed by atoms with Crippen molar-refractivity contribution >= 4 is 0 Å². The molecule has 1 N–H and O–H groups in total. The zero-order valence-corrected chi connectivity index (χ0v) is 8.39. The van der Waals surface area contributed by atoms with Crippen LogP contribution in [-0.4, -0.2) is 24.3 Å². The van der Waals surface area contributed by atoms with E-state index in [4.69, 9.17) is 5.11 Å². The minimum Gasteiger partial charge on any atom is -0.362 e. The first-order valence-electron chi connectivity index (χ1n) is 5.20. The van der Waals surface area contributed by atoms with Crippen molar-refractivity contribution in [1.29, 1.82) is 0 Å². The quantitative estimate of drug-likeness (QED) is 0.581. The van der Waals surface area contributed by atoms with E-state index in [0.29, 0.717) is 12.8 Å². The minimum absolute atomic E-state index is 0.0702. The van der Waals surface area contributed by atoms with Gasteiger partial charge in [-0.15, -0.1) is 0 Å². The van der Waals surface area contributed by atoms with E-state index in [1.54, 1.807) is 0 Å². The first-order valence-corrected chi connectivity index (χ1v) is 5.20. The largest absolute Gasteiger partial charge is 0.362 e. The fourth-order valence-corrected chi connectivity index (χ4v) is 1.28. The van der Waals surface area contributed by atoms with Crippen molar-refractivity contribution in [2.45, 2.75) is 57.5 Å². The number of rotatable bonds is 9. The summed E-state index contributed by atoms with van der Waals surface area (Å²) >= 11 is 0. The first kappa shape index (κ1) is 13.8. The molecule has 0 saturated carbocycles. The van der Waals surface area contributed by atoms with Crippen molar-refractivity contribution in [1.82, 2.24) is 0 Å². The molecule has 0 aliphatic heterocycles. The second kappa shape index (κ2) is 9.31. The smallest absolute Gasteiger partial charge is 0.227 e. The van der Waals surface area contributed by atoms with Crippen molar-refractivity contribution in [3.05, 3.63) is 0 Å². The molecule has 0 bridgehead atoms. The van der Waals surface area contributed by atoms with Crippen LogP contribution in [0.3, 0.4) is 0 Å². The number of halogens is 3. The number of hydrogen-bond acceptors (Lipinski definition) is 1. The monoisotopic (exact) mass is 212 g/mol. The van der Waals surface area contributed by atoms with Crippen molar-refractivity contribution in [2.24, 2.45) is 0 Å². The molecule has 14 heavy (non-hydrogen) atoms. The van der Waals surface area contributed by atoms with E-state index < -0.39 is 12.5 Å². The maximum Gasteiger partial charge on any atom is 0.227 e. The van der Waals surface area contributed by atoms with Crippen molar-refractivity contribution in [3.63, 3.8) is 0 Å². The molecule has 2 unspecified atom stereocenters. The molecular formula is C10H19F3O. The Hall–Kier alpha value is -0.250. The second-order valence-electron chi connectivity index (χ2n) is 3.49. The highest BCUT2D eigenvalue weighted by Crippen LogP contribution is 2.13. The summed E-state index contributed by atoms with van der Waals surface area (Å²) in [6, 6.07) is 0. The van der Waals surface area contributed by atoms with Gasteiger partial charge in [0, 0.05) is 0 Å². The van der Waals surface area contributed by atoms with Gasteiger partial charge >= 0.3 is 0 Å². The lowest BCUT2D eigenvalue weighted by Gasteiger charge is -2.07. The van der Waals surface area contributed by atoms with E-state index >= 15 is 0 Å². The van der Waals surface area contributed by atoms with E-state index in [1.165, 1.54) is 0 Å². The topological polar surface area (TPSA) is 20.2 Å². The van der Waals surface area contributed by atoms with E-state index in [2.05, 4.69) is 0 Å². The molecule has 0 rings (SSSR count). The maximum atomic E-state index is 12.5. The third-order valence-electron chi connectivity index (χ3n) is 2.16. The molecule has 1 nitrogen and oxygen atoms in total. The number of aliphatic hydroxyl groups excluding tert-OH is 1. The fourth-order valence-electron chi connectivity index (χ4n) is 1.28. The Morgan fingerprint density at radius 3 is 1.86 bits per heavy atom. The Morgan fingerprint density at radius 2 is 1.36 bits per heavy atom. The predicted molar refractivity (Wildman–Crippen MR) is 50.3 cm³/mol. The summed E-state index contributed by atoms with van der Waals surface area (Å²) in [7, 11) is 0. The third-order valence-corrected chi connectivity index (χ3v) is 2.16. The van der Waals surface area contributed by atoms with Crippen LogP contribution in [0.25, 0.3) is 0 Å². The predicted octanol–water partition coefficient (Wildman–Crippen LogP) is 3.31. The summed E-state index contributed by atoms with van der Waals surface area (Å²) < 4.78 is 36.0. The highest BCUT2D eigenvalue weighted by molar-refractivity contribution is 4.58. The van der Waals surface area contributed by atoms with Gasteiger partial charge in [-0.2, -0.15) is 0 Å². The van der Waals surface area contributed by atoms with E-state index in [1.807, 2.05) is 0 Å². The fraction of sp³-hybridized carbons (Fsp3) is 1.00. The Labute approximate surface area is 83.3 Å². The Bertz CT molecular complexity index is 120. The molecule has 0 aromatic heterocycles. The third kappa shape index (κ3) is 8.35. The number of alkyl halides is 3. The molecule has 0 amide bonds. The number of aliphatic hydroxyl groups is 1. The zero-order chi connectivity index (χ0) is 10.8. The average Bonchev–Trinajstić information content (AvgIpc) is 2.16. The highest BCUT2D eigenvalue weighted by Gasteiger charge is 2.15. The normalized spacial score (nSPS) is 15.4. The maximum absolute atomic E-state index is 12.5. The van der Waals surface area contributed by atoms with Crippen molar-refractivity contribution < 1.29 is 18.3 Å². The van der Waals surface area contributed by atoms with Crippen LogP contribution in [0.5, 0.6) is 0 Å². The van der Waals surface area contributed by atoms with Gasteiger partial charge < -0.3 is 5.11 Å². The van der Waals surface area contributed by atoms with Crippen molar-refractivity contribution in [3.8, 4) is 0 Å². The lowest BCUT2D eigenvalue weighted by Crippen LogP contribution is -2.15. The van der Waals surface area contributed by atoms with E-state index in [-0.39, 0.29) is 13.1 Å². The van der Waals surface area contributed by atoms with Crippen LogP contribution >= 0.6 is 0 Å². The molecule has 4 heteroatoms. The minimum atomic E-state index is -2.35. The zero-order valence-electron chi connectivity index (χ0n) is 8.39. The van der Waals surface area contributed by atoms with Crippen LogP contribution in [0, 0.1) is 0 Å². The van der Waals surface area contributed by atoms with Crippen LogP contribution in [0.2, 0.25) is 0 Å². The van der Waals surface area contributed by atoms with E-state index in [0.717, 1.165) is 25.7 Å². The highest BCUT2D eigenvalue weighted by atomic mass is 19.2. The number of unbranched alkanes of at least 4 members (excludes halogenated alkanes) is 5. The summed E-state index contributed by atoms with van der Waals surface area (Å²) in [5, 5.41) is 8.21. The Morgan fingerprint density at radius 1 is 0.857 bits per heavy atom. The van der Waals surface area contributed by atoms with Gasteiger partial charge in [-0.05, 0) is 12.8 Å². The van der Waals surface area contributed by atoms with Crippen LogP contribution in [0.4, 0.5) is 13.2 Å². The van der Waals surface area contributed by atoms with Gasteiger partial charge in [0.15, 0.2) is 6.17 Å². The van der Waals surface area contributed by atoms with E-state index in [9.17, 15) is 13.2 Å². The molecule has 0 heterocycles. The summed E-state index contributed by atoms with van der Waals surface area (Å²) in [6.07, 6.45) is 0.699. The van der Waals surface area contributed by atoms with Gasteiger partial charge in [-0.3, -0.25) is 4.39 Å². The number of hydrogen-bond donors (Lipinski definition) is 1. The van der Waals surface area contributed by atoms with Gasteiger partial charge in [0.1, 0.15) is 0 Å². The molecule has 0 aliphatic rings. The molecule has 0 radical (unpaired) electrons. The average molecular weight is 212 g/mol. The molecule has 0 aromatic carbocycles. The van der Waals surface area contributed by atoms with Gasteiger partial charge in [0.2, 0.25) is 6.36 Å². The molecule has 0 saturated heterocycles. The lowest BCUT2D eigenvalue weighted by molar-refractivity contribution is -0.0308. The molecule has 86 valence electrons. The Kier molecular flexibility index (Phi) is 9.14. The van der Waals surface area contributed by atoms with Gasteiger partial charge in [0.25, 0.3) is 0 Å². The van der Waals surface area contributed by atoms with Crippen molar-refractivity contribution in [2.75, 3.05) is 6.67 Å². The van der Waals surface area contributed by atoms with Gasteiger partial charge in [-0.1, -0.05) is 32.1 Å². The lowest BCUT2D eigenvalue weighted by atomic mass is 10.1. The molecule has 0 aromatic rings. The molecule has 0 fully saturated rings. The Balaban J connectivity index is 3.06. The standard InChI is InChI=1S/C10H19F3O/c11-8-6-4-2-1-3-5-7-9(12)10(13)14/h9-10,14H,1-8H2. The molecule has 0 aliphatic carbocycles. The van der Waals surface area contributed by atoms with Gasteiger partial charge in [0.05, 0.1) is 6.67 Å². The second-order valence-corrected chi connectivity index (χ2v) is 3.49. The summed E-state index contributed by atoms with van der Waals surface area (Å²) in [5.74, 6) is 0. The van der Waals surface area contributed by atoms with Crippen LogP contribution < -0.4 is 0 Å². The molecule has 2 atom stereocenters. The molecule has 0 spiro atoms. The van der Waals surface area contributed by atoms with Gasteiger partial charge in [-0.25, -0.2) is 8.78 Å². The van der Waals surface area contributed by atoms with Crippen LogP contribution in [-0.2, 0) is 0 Å².